The molecule has 2 rings (SSSR count). The van der Waals surface area contributed by atoms with Gasteiger partial charge < -0.3 is 24.4 Å². The van der Waals surface area contributed by atoms with Gasteiger partial charge in [-0.15, -0.1) is 0 Å². The third-order valence-electron chi connectivity index (χ3n) is 3.12. The molecule has 1 saturated heterocycles. The second-order valence-electron chi connectivity index (χ2n) is 4.53. The maximum atomic E-state index is 11.2. The van der Waals surface area contributed by atoms with Crippen LogP contribution >= 0.6 is 20.0 Å². The van der Waals surface area contributed by atoms with Crippen LogP contribution < -0.4 is 5.56 Å². The Balaban J connectivity index is 2.38. The minimum absolute atomic E-state index is 0.0352. The summed E-state index contributed by atoms with van der Waals surface area (Å²) < 4.78 is 27.8. The molecule has 0 spiro atoms. The first-order valence-corrected chi connectivity index (χ1v) is 8.05. The summed E-state index contributed by atoms with van der Waals surface area (Å²) in [6.07, 6.45) is -2.77. The van der Waals surface area contributed by atoms with Gasteiger partial charge in [0.25, 0.3) is 5.56 Å². The maximum absolute atomic E-state index is 11.2. The SMILES string of the molecule is CO[C@@H]1[C@H](OP(=O)(O)O)[C@@H](CO)O[C@H]1n1ccc(=O)[nH]c1=S. The number of hydrogen-bond acceptors (Lipinski definition) is 7. The van der Waals surface area contributed by atoms with E-state index in [9.17, 15) is 14.5 Å². The van der Waals surface area contributed by atoms with Crippen LogP contribution in [-0.2, 0) is 18.6 Å². The molecule has 0 bridgehead atoms. The number of aromatic nitrogens is 2. The fourth-order valence-electron chi connectivity index (χ4n) is 2.24. The summed E-state index contributed by atoms with van der Waals surface area (Å²) in [7, 11) is -3.52. The minimum Gasteiger partial charge on any atom is -0.394 e. The van der Waals surface area contributed by atoms with E-state index in [1.807, 2.05) is 0 Å². The van der Waals surface area contributed by atoms with E-state index < -0.39 is 44.5 Å². The van der Waals surface area contributed by atoms with E-state index in [4.69, 9.17) is 31.5 Å². The summed E-state index contributed by atoms with van der Waals surface area (Å²) in [5.41, 5.74) is -0.407. The van der Waals surface area contributed by atoms with Crippen LogP contribution in [0.1, 0.15) is 6.23 Å². The monoisotopic (exact) mass is 354 g/mol. The van der Waals surface area contributed by atoms with E-state index in [-0.39, 0.29) is 4.77 Å². The van der Waals surface area contributed by atoms with Gasteiger partial charge in [0.2, 0.25) is 0 Å². The van der Waals surface area contributed by atoms with Crippen molar-refractivity contribution in [1.29, 1.82) is 0 Å². The first-order chi connectivity index (χ1) is 10.3. The van der Waals surface area contributed by atoms with Crippen molar-refractivity contribution in [2.75, 3.05) is 13.7 Å². The van der Waals surface area contributed by atoms with Crippen LogP contribution in [0.4, 0.5) is 0 Å². The molecule has 0 unspecified atom stereocenters. The van der Waals surface area contributed by atoms with Gasteiger partial charge >= 0.3 is 7.82 Å². The largest absolute Gasteiger partial charge is 0.470 e. The summed E-state index contributed by atoms with van der Waals surface area (Å²) in [6.45, 7) is -0.544. The van der Waals surface area contributed by atoms with Crippen molar-refractivity contribution >= 4 is 20.0 Å². The molecular formula is C10H15N2O8PS. The average molecular weight is 354 g/mol. The summed E-state index contributed by atoms with van der Waals surface area (Å²) in [5, 5.41) is 9.32. The van der Waals surface area contributed by atoms with Crippen LogP contribution in [0.2, 0.25) is 0 Å². The Morgan fingerprint density at radius 3 is 2.68 bits per heavy atom. The number of aliphatic hydroxyl groups excluding tert-OH is 1. The van der Waals surface area contributed by atoms with Gasteiger partial charge in [-0.3, -0.25) is 18.9 Å². The first kappa shape index (κ1) is 17.4. The molecule has 0 aromatic carbocycles. The van der Waals surface area contributed by atoms with Crippen molar-refractivity contribution in [3.8, 4) is 0 Å². The Hall–Kier alpha value is -0.910. The number of H-pyrrole nitrogens is 1. The standard InChI is InChI=1S/C10H15N2O8PS/c1-18-8-7(20-21(15,16)17)5(4-13)19-9(8)12-3-2-6(14)11-10(12)22/h2-3,5,7-9,13H,4H2,1H3,(H,11,14,22)(H2,15,16,17)/t5-,7-,8-,9-/m1/s1. The van der Waals surface area contributed by atoms with Gasteiger partial charge in [-0.1, -0.05) is 0 Å². The van der Waals surface area contributed by atoms with Crippen LogP contribution in [0.25, 0.3) is 0 Å². The van der Waals surface area contributed by atoms with Crippen molar-refractivity contribution in [1.82, 2.24) is 9.55 Å². The number of ether oxygens (including phenoxy) is 2. The Kier molecular flexibility index (Phi) is 5.30. The Bertz CT molecular complexity index is 684. The van der Waals surface area contributed by atoms with Crippen molar-refractivity contribution in [3.05, 3.63) is 27.4 Å². The molecule has 10 nitrogen and oxygen atoms in total. The molecule has 4 N–H and O–H groups in total. The van der Waals surface area contributed by atoms with Crippen LogP contribution in [0.3, 0.4) is 0 Å². The Labute approximate surface area is 129 Å². The molecule has 4 atom stereocenters. The number of nitrogens with one attached hydrogen (secondary N) is 1. The second kappa shape index (κ2) is 6.69. The van der Waals surface area contributed by atoms with E-state index in [2.05, 4.69) is 9.51 Å². The molecule has 1 fully saturated rings. The number of phosphoric ester groups is 1. The normalized spacial score (nSPS) is 28.9. The highest BCUT2D eigenvalue weighted by Crippen LogP contribution is 2.44. The zero-order chi connectivity index (χ0) is 16.5. The van der Waals surface area contributed by atoms with Gasteiger partial charge in [-0.2, -0.15) is 0 Å². The van der Waals surface area contributed by atoms with E-state index in [1.54, 1.807) is 0 Å². The molecule has 1 aliphatic rings. The van der Waals surface area contributed by atoms with E-state index in [0.29, 0.717) is 0 Å². The fraction of sp³-hybridized carbons (Fsp3) is 0.600. The highest BCUT2D eigenvalue weighted by Gasteiger charge is 2.49. The van der Waals surface area contributed by atoms with Gasteiger partial charge in [-0.25, -0.2) is 4.57 Å². The average Bonchev–Trinajstić information content (AvgIpc) is 2.74. The predicted octanol–water partition coefficient (Wildman–Crippen LogP) is -0.712. The Morgan fingerprint density at radius 1 is 1.50 bits per heavy atom. The number of phosphoric acid groups is 1. The number of aliphatic hydroxyl groups is 1. The minimum atomic E-state index is -4.82. The third kappa shape index (κ3) is 3.70. The molecule has 0 radical (unpaired) electrons. The molecule has 2 heterocycles. The lowest BCUT2D eigenvalue weighted by molar-refractivity contribution is -0.0616. The van der Waals surface area contributed by atoms with Gasteiger partial charge in [0, 0.05) is 19.4 Å². The molecular weight excluding hydrogens is 339 g/mol. The van der Waals surface area contributed by atoms with Crippen LogP contribution in [0.15, 0.2) is 17.1 Å². The van der Waals surface area contributed by atoms with Gasteiger partial charge in [0.1, 0.15) is 18.3 Å². The molecule has 0 saturated carbocycles. The summed E-state index contributed by atoms with van der Waals surface area (Å²) in [4.78, 5) is 31.5. The summed E-state index contributed by atoms with van der Waals surface area (Å²) >= 11 is 5.02. The number of aromatic amines is 1. The van der Waals surface area contributed by atoms with Crippen molar-refractivity contribution in [2.45, 2.75) is 24.5 Å². The number of rotatable bonds is 5. The third-order valence-corrected chi connectivity index (χ3v) is 3.95. The molecule has 124 valence electrons. The number of nitrogens with zero attached hydrogens (tertiary/aromatic N) is 1. The van der Waals surface area contributed by atoms with Gasteiger partial charge in [0.15, 0.2) is 11.0 Å². The van der Waals surface area contributed by atoms with E-state index in [0.717, 1.165) is 0 Å². The molecule has 22 heavy (non-hydrogen) atoms. The molecule has 0 aliphatic carbocycles. The quantitative estimate of drug-likeness (QED) is 0.398. The molecule has 12 heteroatoms. The lowest BCUT2D eigenvalue weighted by Gasteiger charge is -2.23. The summed E-state index contributed by atoms with van der Waals surface area (Å²) in [5.74, 6) is 0. The maximum Gasteiger partial charge on any atom is 0.470 e. The van der Waals surface area contributed by atoms with Crippen molar-refractivity contribution < 1.29 is 33.5 Å². The van der Waals surface area contributed by atoms with Crippen LogP contribution in [-0.4, -0.2) is 56.5 Å². The molecule has 1 aliphatic heterocycles. The van der Waals surface area contributed by atoms with Gasteiger partial charge in [0.05, 0.1) is 6.61 Å². The number of hydrogen-bond donors (Lipinski definition) is 4. The zero-order valence-corrected chi connectivity index (χ0v) is 13.1. The lowest BCUT2D eigenvalue weighted by atomic mass is 10.1. The lowest BCUT2D eigenvalue weighted by Crippen LogP contribution is -2.37. The number of methoxy groups -OCH3 is 1. The van der Waals surface area contributed by atoms with E-state index >= 15 is 0 Å². The van der Waals surface area contributed by atoms with Crippen LogP contribution in [0.5, 0.6) is 0 Å². The first-order valence-electron chi connectivity index (χ1n) is 6.11. The molecule has 1 aromatic rings. The Morgan fingerprint density at radius 2 is 2.18 bits per heavy atom. The van der Waals surface area contributed by atoms with Crippen molar-refractivity contribution in [3.63, 3.8) is 0 Å². The van der Waals surface area contributed by atoms with Crippen LogP contribution in [0, 0.1) is 4.77 Å². The highest BCUT2D eigenvalue weighted by molar-refractivity contribution is 7.71. The second-order valence-corrected chi connectivity index (χ2v) is 6.10. The smallest absolute Gasteiger partial charge is 0.394 e. The fourth-order valence-corrected chi connectivity index (χ4v) is 3.08. The topological polar surface area (TPSA) is 143 Å². The van der Waals surface area contributed by atoms with Gasteiger partial charge in [-0.05, 0) is 12.2 Å². The van der Waals surface area contributed by atoms with Crippen molar-refractivity contribution in [2.24, 2.45) is 0 Å². The predicted molar refractivity (Wildman–Crippen MR) is 74.6 cm³/mol. The molecule has 1 aromatic heterocycles. The van der Waals surface area contributed by atoms with E-state index in [1.165, 1.54) is 23.9 Å². The highest BCUT2D eigenvalue weighted by atomic mass is 32.1. The zero-order valence-electron chi connectivity index (χ0n) is 11.4. The summed E-state index contributed by atoms with van der Waals surface area (Å²) in [6, 6.07) is 1.21. The molecule has 0 amide bonds.